The normalized spacial score (nSPS) is 15.7. The Morgan fingerprint density at radius 3 is 0.676 bits per heavy atom. The number of hydrogen-bond donors (Lipinski definition) is 7. The molecule has 0 heterocycles. The van der Waals surface area contributed by atoms with Crippen molar-refractivity contribution in [2.45, 2.75) is 162 Å². The standard InChI is InChI=1S/C14H30O4.C13H28O3/c1-10(2,15)9-14(11(3,4)16,12(5,6)17)13(7,8)18;1-8-13(11(4,5)15,12(6,7)16)9-10(2,3)14/h15-18H,9H2,1-8H3;14-16H,8-9H2,1-7H3. The Hall–Kier alpha value is -0.280. The lowest BCUT2D eigenvalue weighted by molar-refractivity contribution is -0.265. The van der Waals surface area contributed by atoms with Crippen LogP contribution in [0.25, 0.3) is 0 Å². The molecule has 0 aliphatic heterocycles. The molecule has 0 aromatic heterocycles. The maximum atomic E-state index is 10.5. The van der Waals surface area contributed by atoms with E-state index in [1.807, 2.05) is 6.92 Å². The summed E-state index contributed by atoms with van der Waals surface area (Å²) in [4.78, 5) is 0. The van der Waals surface area contributed by atoms with E-state index in [0.717, 1.165) is 0 Å². The van der Waals surface area contributed by atoms with Crippen LogP contribution in [0.15, 0.2) is 0 Å². The molecule has 0 bridgehead atoms. The average molecular weight is 495 g/mol. The molecular formula is C27H58O7. The molecule has 0 radical (unpaired) electrons. The first kappa shape index (κ1) is 35.9. The van der Waals surface area contributed by atoms with Gasteiger partial charge in [-0.3, -0.25) is 0 Å². The molecule has 0 saturated carbocycles. The zero-order valence-electron chi connectivity index (χ0n) is 24.8. The second-order valence-electron chi connectivity index (χ2n) is 14.1. The second-order valence-corrected chi connectivity index (χ2v) is 14.1. The lowest BCUT2D eigenvalue weighted by Crippen LogP contribution is -2.68. The van der Waals surface area contributed by atoms with E-state index in [0.29, 0.717) is 12.8 Å². The smallest absolute Gasteiger partial charge is 0.0703 e. The van der Waals surface area contributed by atoms with Crippen LogP contribution < -0.4 is 0 Å². The van der Waals surface area contributed by atoms with E-state index in [1.54, 1.807) is 96.9 Å². The highest BCUT2D eigenvalue weighted by Gasteiger charge is 2.63. The third kappa shape index (κ3) is 8.39. The molecule has 0 aliphatic rings. The molecule has 0 amide bonds. The van der Waals surface area contributed by atoms with Crippen molar-refractivity contribution in [3.05, 3.63) is 0 Å². The van der Waals surface area contributed by atoms with E-state index in [-0.39, 0.29) is 6.42 Å². The van der Waals surface area contributed by atoms with E-state index >= 15 is 0 Å². The monoisotopic (exact) mass is 494 g/mol. The fourth-order valence-corrected chi connectivity index (χ4v) is 6.45. The summed E-state index contributed by atoms with van der Waals surface area (Å²) in [5, 5.41) is 72.4. The molecule has 7 N–H and O–H groups in total. The summed E-state index contributed by atoms with van der Waals surface area (Å²) in [6, 6.07) is 0. The van der Waals surface area contributed by atoms with Gasteiger partial charge in [0.1, 0.15) is 0 Å². The Labute approximate surface area is 209 Å². The minimum absolute atomic E-state index is 0.0660. The van der Waals surface area contributed by atoms with Gasteiger partial charge in [0.05, 0.1) is 44.6 Å². The zero-order chi connectivity index (χ0) is 28.6. The Morgan fingerprint density at radius 2 is 0.618 bits per heavy atom. The number of aliphatic hydroxyl groups is 7. The molecule has 0 aromatic carbocycles. The van der Waals surface area contributed by atoms with Crippen molar-refractivity contribution in [3.63, 3.8) is 0 Å². The van der Waals surface area contributed by atoms with Crippen molar-refractivity contribution in [2.24, 2.45) is 10.8 Å². The van der Waals surface area contributed by atoms with Crippen molar-refractivity contribution in [1.29, 1.82) is 0 Å². The summed E-state index contributed by atoms with van der Waals surface area (Å²) in [5.41, 5.74) is -10.3. The maximum Gasteiger partial charge on any atom is 0.0703 e. The Bertz CT molecular complexity index is 569. The van der Waals surface area contributed by atoms with Gasteiger partial charge in [-0.25, -0.2) is 0 Å². The molecular weight excluding hydrogens is 436 g/mol. The average Bonchev–Trinajstić information content (AvgIpc) is 2.42. The van der Waals surface area contributed by atoms with Crippen LogP contribution in [0, 0.1) is 10.8 Å². The van der Waals surface area contributed by atoms with Crippen LogP contribution in [-0.4, -0.2) is 75.0 Å². The third-order valence-electron chi connectivity index (χ3n) is 7.51. The van der Waals surface area contributed by atoms with Crippen molar-refractivity contribution < 1.29 is 35.7 Å². The largest absolute Gasteiger partial charge is 0.390 e. The molecule has 0 aromatic rings. The van der Waals surface area contributed by atoms with Crippen LogP contribution in [0.2, 0.25) is 0 Å². The topological polar surface area (TPSA) is 142 Å². The molecule has 0 rings (SSSR count). The minimum atomic E-state index is -1.37. The summed E-state index contributed by atoms with van der Waals surface area (Å²) in [6.45, 7) is 24.6. The van der Waals surface area contributed by atoms with E-state index in [1.165, 1.54) is 0 Å². The summed E-state index contributed by atoms with van der Waals surface area (Å²) in [7, 11) is 0. The summed E-state index contributed by atoms with van der Waals surface area (Å²) in [5.74, 6) is 0. The van der Waals surface area contributed by atoms with Crippen LogP contribution in [0.4, 0.5) is 0 Å². The van der Waals surface area contributed by atoms with E-state index in [4.69, 9.17) is 0 Å². The first-order valence-corrected chi connectivity index (χ1v) is 12.3. The summed E-state index contributed by atoms with van der Waals surface area (Å²) >= 11 is 0. The van der Waals surface area contributed by atoms with Crippen LogP contribution in [0.3, 0.4) is 0 Å². The van der Waals surface area contributed by atoms with Crippen LogP contribution in [-0.2, 0) is 0 Å². The van der Waals surface area contributed by atoms with E-state index < -0.39 is 50.0 Å². The van der Waals surface area contributed by atoms with Gasteiger partial charge in [-0.2, -0.15) is 0 Å². The predicted molar refractivity (Wildman–Crippen MR) is 138 cm³/mol. The molecule has 0 aliphatic carbocycles. The van der Waals surface area contributed by atoms with Gasteiger partial charge < -0.3 is 35.7 Å². The van der Waals surface area contributed by atoms with Gasteiger partial charge in [0.25, 0.3) is 0 Å². The fraction of sp³-hybridized carbons (Fsp3) is 1.00. The van der Waals surface area contributed by atoms with Crippen LogP contribution in [0.5, 0.6) is 0 Å². The Balaban J connectivity index is 0. The first-order chi connectivity index (χ1) is 14.2. The summed E-state index contributed by atoms with van der Waals surface area (Å²) in [6.07, 6.45) is 1.02. The Morgan fingerprint density at radius 1 is 0.382 bits per heavy atom. The van der Waals surface area contributed by atoms with E-state index in [2.05, 4.69) is 0 Å². The molecule has 0 saturated heterocycles. The minimum Gasteiger partial charge on any atom is -0.390 e. The molecule has 208 valence electrons. The SMILES string of the molecule is CC(C)(O)CC(C(C)(C)O)(C(C)(C)O)C(C)(C)O.CCC(CC(C)(C)O)(C(C)(C)O)C(C)(C)O. The molecule has 34 heavy (non-hydrogen) atoms. The maximum absolute atomic E-state index is 10.5. The Kier molecular flexibility index (Phi) is 10.8. The lowest BCUT2D eigenvalue weighted by Gasteiger charge is -2.59. The van der Waals surface area contributed by atoms with Gasteiger partial charge in [-0.1, -0.05) is 6.92 Å². The highest BCUT2D eigenvalue weighted by atomic mass is 16.3. The highest BCUT2D eigenvalue weighted by Crippen LogP contribution is 2.54. The highest BCUT2D eigenvalue weighted by molar-refractivity contribution is 5.13. The van der Waals surface area contributed by atoms with Crippen molar-refractivity contribution in [2.75, 3.05) is 0 Å². The molecule has 7 nitrogen and oxygen atoms in total. The molecule has 0 spiro atoms. The van der Waals surface area contributed by atoms with Crippen molar-refractivity contribution in [3.8, 4) is 0 Å². The predicted octanol–water partition coefficient (Wildman–Crippen LogP) is 3.53. The van der Waals surface area contributed by atoms with Crippen molar-refractivity contribution >= 4 is 0 Å². The third-order valence-corrected chi connectivity index (χ3v) is 7.51. The first-order valence-electron chi connectivity index (χ1n) is 12.3. The lowest BCUT2D eigenvalue weighted by atomic mass is 9.52. The van der Waals surface area contributed by atoms with Crippen molar-refractivity contribution in [1.82, 2.24) is 0 Å². The molecule has 0 atom stereocenters. The van der Waals surface area contributed by atoms with Crippen LogP contribution in [0.1, 0.15) is 123 Å². The number of hydrogen-bond acceptors (Lipinski definition) is 7. The van der Waals surface area contributed by atoms with Crippen LogP contribution >= 0.6 is 0 Å². The van der Waals surface area contributed by atoms with Gasteiger partial charge in [-0.05, 0) is 116 Å². The van der Waals surface area contributed by atoms with Gasteiger partial charge in [0.15, 0.2) is 0 Å². The van der Waals surface area contributed by atoms with Gasteiger partial charge in [0.2, 0.25) is 0 Å². The molecule has 7 heteroatoms. The van der Waals surface area contributed by atoms with E-state index in [9.17, 15) is 35.7 Å². The number of rotatable bonds is 10. The molecule has 0 fully saturated rings. The van der Waals surface area contributed by atoms with Gasteiger partial charge in [0, 0.05) is 5.41 Å². The zero-order valence-corrected chi connectivity index (χ0v) is 24.8. The second kappa shape index (κ2) is 10.2. The molecule has 0 unspecified atom stereocenters. The quantitative estimate of drug-likeness (QED) is 0.246. The van der Waals surface area contributed by atoms with Gasteiger partial charge in [-0.15, -0.1) is 0 Å². The summed E-state index contributed by atoms with van der Waals surface area (Å²) < 4.78 is 0. The van der Waals surface area contributed by atoms with Gasteiger partial charge >= 0.3 is 0 Å². The fourth-order valence-electron chi connectivity index (χ4n) is 6.45.